The molecule has 1 aliphatic heterocycles. The Morgan fingerprint density at radius 1 is 1.53 bits per heavy atom. The van der Waals surface area contributed by atoms with Crippen LogP contribution in [-0.2, 0) is 16.6 Å². The van der Waals surface area contributed by atoms with Crippen molar-refractivity contribution < 1.29 is 13.5 Å². The van der Waals surface area contributed by atoms with Gasteiger partial charge in [-0.3, -0.25) is 0 Å². The van der Waals surface area contributed by atoms with Crippen molar-refractivity contribution >= 4 is 33.4 Å². The van der Waals surface area contributed by atoms with Crippen LogP contribution < -0.4 is 0 Å². The zero-order valence-electron chi connectivity index (χ0n) is 10.5. The van der Waals surface area contributed by atoms with E-state index in [4.69, 9.17) is 16.7 Å². The van der Waals surface area contributed by atoms with E-state index in [1.807, 2.05) is 6.92 Å². The predicted molar refractivity (Wildman–Crippen MR) is 78.1 cm³/mol. The Labute approximate surface area is 122 Å². The lowest BCUT2D eigenvalue weighted by molar-refractivity contribution is 0.281. The number of sulfonamides is 1. The monoisotopic (exact) mass is 321 g/mol. The van der Waals surface area contributed by atoms with E-state index in [0.717, 1.165) is 11.5 Å². The molecule has 1 unspecified atom stereocenters. The molecule has 1 saturated heterocycles. The van der Waals surface area contributed by atoms with E-state index in [1.54, 1.807) is 17.8 Å². The van der Waals surface area contributed by atoms with Crippen LogP contribution in [0.1, 0.15) is 12.5 Å². The van der Waals surface area contributed by atoms with Gasteiger partial charge in [0.1, 0.15) is 4.90 Å². The number of nitrogens with zero attached hydrogens (tertiary/aromatic N) is 1. The van der Waals surface area contributed by atoms with Gasteiger partial charge in [-0.1, -0.05) is 17.7 Å². The van der Waals surface area contributed by atoms with E-state index in [9.17, 15) is 8.42 Å². The van der Waals surface area contributed by atoms with Crippen LogP contribution in [0.2, 0.25) is 5.02 Å². The smallest absolute Gasteiger partial charge is 0.244 e. The molecule has 0 aliphatic carbocycles. The van der Waals surface area contributed by atoms with Gasteiger partial charge in [0.2, 0.25) is 10.0 Å². The van der Waals surface area contributed by atoms with Crippen LogP contribution in [0.15, 0.2) is 23.1 Å². The average molecular weight is 322 g/mol. The molecule has 106 valence electrons. The van der Waals surface area contributed by atoms with Crippen molar-refractivity contribution in [3.05, 3.63) is 28.8 Å². The maximum atomic E-state index is 12.6. The molecule has 0 aromatic heterocycles. The molecule has 1 atom stereocenters. The van der Waals surface area contributed by atoms with Gasteiger partial charge in [-0.2, -0.15) is 16.1 Å². The van der Waals surface area contributed by atoms with Gasteiger partial charge in [-0.05, 0) is 24.6 Å². The number of hydrogen-bond acceptors (Lipinski definition) is 4. The summed E-state index contributed by atoms with van der Waals surface area (Å²) < 4.78 is 26.8. The SMILES string of the molecule is CC1CSCCN1S(=O)(=O)c1cc(CO)ccc1Cl. The van der Waals surface area contributed by atoms with Crippen LogP contribution in [0.3, 0.4) is 0 Å². The van der Waals surface area contributed by atoms with Crippen molar-refractivity contribution in [3.8, 4) is 0 Å². The Kier molecular flexibility index (Phi) is 4.79. The molecule has 1 aromatic carbocycles. The second-order valence-electron chi connectivity index (χ2n) is 4.46. The summed E-state index contributed by atoms with van der Waals surface area (Å²) in [4.78, 5) is 0.0828. The molecule has 1 fully saturated rings. The summed E-state index contributed by atoms with van der Waals surface area (Å²) in [5.41, 5.74) is 0.544. The van der Waals surface area contributed by atoms with Crippen LogP contribution in [0, 0.1) is 0 Å². The van der Waals surface area contributed by atoms with E-state index in [2.05, 4.69) is 0 Å². The van der Waals surface area contributed by atoms with E-state index >= 15 is 0 Å². The zero-order valence-corrected chi connectivity index (χ0v) is 12.9. The lowest BCUT2D eigenvalue weighted by Gasteiger charge is -2.32. The summed E-state index contributed by atoms with van der Waals surface area (Å²) in [5.74, 6) is 1.58. The van der Waals surface area contributed by atoms with E-state index in [0.29, 0.717) is 12.1 Å². The molecule has 4 nitrogen and oxygen atoms in total. The normalized spacial score (nSPS) is 21.5. The topological polar surface area (TPSA) is 57.6 Å². The van der Waals surface area contributed by atoms with Gasteiger partial charge < -0.3 is 5.11 Å². The highest BCUT2D eigenvalue weighted by atomic mass is 35.5. The Balaban J connectivity index is 2.43. The molecular weight excluding hydrogens is 306 g/mol. The molecule has 7 heteroatoms. The summed E-state index contributed by atoms with van der Waals surface area (Å²) in [6, 6.07) is 4.55. The fourth-order valence-corrected chi connectivity index (χ4v) is 5.42. The third-order valence-electron chi connectivity index (χ3n) is 3.07. The quantitative estimate of drug-likeness (QED) is 0.924. The molecule has 0 spiro atoms. The molecule has 0 bridgehead atoms. The van der Waals surface area contributed by atoms with Gasteiger partial charge in [-0.15, -0.1) is 0 Å². The van der Waals surface area contributed by atoms with Crippen LogP contribution in [-0.4, -0.2) is 41.9 Å². The van der Waals surface area contributed by atoms with Crippen LogP contribution >= 0.6 is 23.4 Å². The summed E-state index contributed by atoms with van der Waals surface area (Å²) >= 11 is 7.76. The van der Waals surface area contributed by atoms with Crippen LogP contribution in [0.25, 0.3) is 0 Å². The van der Waals surface area contributed by atoms with Crippen LogP contribution in [0.5, 0.6) is 0 Å². The number of aliphatic hydroxyl groups excluding tert-OH is 1. The van der Waals surface area contributed by atoms with Gasteiger partial charge in [0.25, 0.3) is 0 Å². The third-order valence-corrected chi connectivity index (χ3v) is 6.76. The Bertz CT molecular complexity index is 562. The number of halogens is 1. The minimum absolute atomic E-state index is 0.0439. The van der Waals surface area contributed by atoms with Gasteiger partial charge in [0.15, 0.2) is 0 Å². The first-order chi connectivity index (χ1) is 8.96. The van der Waals surface area contributed by atoms with Crippen molar-refractivity contribution in [1.82, 2.24) is 4.31 Å². The maximum Gasteiger partial charge on any atom is 0.244 e. The molecule has 19 heavy (non-hydrogen) atoms. The second kappa shape index (κ2) is 6.01. The van der Waals surface area contributed by atoms with Gasteiger partial charge in [0, 0.05) is 24.1 Å². The molecule has 0 saturated carbocycles. The minimum atomic E-state index is -3.60. The van der Waals surface area contributed by atoms with Crippen molar-refractivity contribution in [3.63, 3.8) is 0 Å². The first-order valence-electron chi connectivity index (χ1n) is 5.95. The fraction of sp³-hybridized carbons (Fsp3) is 0.500. The molecule has 1 aromatic rings. The molecular formula is C12H16ClNO3S2. The summed E-state index contributed by atoms with van der Waals surface area (Å²) in [6.45, 7) is 2.19. The maximum absolute atomic E-state index is 12.6. The van der Waals surface area contributed by atoms with Crippen molar-refractivity contribution in [1.29, 1.82) is 0 Å². The van der Waals surface area contributed by atoms with E-state index in [1.165, 1.54) is 16.4 Å². The predicted octanol–water partition coefficient (Wildman–Crippen LogP) is 1.96. The summed E-state index contributed by atoms with van der Waals surface area (Å²) in [7, 11) is -3.60. The largest absolute Gasteiger partial charge is 0.392 e. The molecule has 1 aliphatic rings. The molecule has 1 N–H and O–H groups in total. The highest BCUT2D eigenvalue weighted by Crippen LogP contribution is 2.29. The molecule has 0 amide bonds. The van der Waals surface area contributed by atoms with E-state index in [-0.39, 0.29) is 22.6 Å². The van der Waals surface area contributed by atoms with E-state index < -0.39 is 10.0 Å². The zero-order chi connectivity index (χ0) is 14.0. The number of benzene rings is 1. The highest BCUT2D eigenvalue weighted by molar-refractivity contribution is 7.99. The van der Waals surface area contributed by atoms with Gasteiger partial charge in [-0.25, -0.2) is 8.42 Å². The highest BCUT2D eigenvalue weighted by Gasteiger charge is 2.32. The van der Waals surface area contributed by atoms with Gasteiger partial charge >= 0.3 is 0 Å². The van der Waals surface area contributed by atoms with Crippen molar-refractivity contribution in [2.45, 2.75) is 24.5 Å². The number of thioether (sulfide) groups is 1. The first kappa shape index (κ1) is 15.1. The number of hydrogen-bond donors (Lipinski definition) is 1. The number of rotatable bonds is 3. The second-order valence-corrected chi connectivity index (χ2v) is 7.88. The minimum Gasteiger partial charge on any atom is -0.392 e. The lowest BCUT2D eigenvalue weighted by Crippen LogP contribution is -2.44. The Morgan fingerprint density at radius 2 is 2.26 bits per heavy atom. The Hall–Kier alpha value is -0.270. The molecule has 1 heterocycles. The van der Waals surface area contributed by atoms with Crippen molar-refractivity contribution in [2.24, 2.45) is 0 Å². The summed E-state index contributed by atoms with van der Waals surface area (Å²) in [5, 5.41) is 9.32. The summed E-state index contributed by atoms with van der Waals surface area (Å²) in [6.07, 6.45) is 0. The number of aliphatic hydroxyl groups is 1. The third kappa shape index (κ3) is 3.08. The average Bonchev–Trinajstić information content (AvgIpc) is 2.39. The Morgan fingerprint density at radius 3 is 2.89 bits per heavy atom. The standard InChI is InChI=1S/C12H16ClNO3S2/c1-9-8-18-5-4-14(9)19(16,17)12-6-10(7-15)2-3-11(12)13/h2-3,6,9,15H,4-5,7-8H2,1H3. The molecule has 0 radical (unpaired) electrons. The first-order valence-corrected chi connectivity index (χ1v) is 8.93. The molecule has 2 rings (SSSR count). The van der Waals surface area contributed by atoms with Gasteiger partial charge in [0.05, 0.1) is 11.6 Å². The van der Waals surface area contributed by atoms with Crippen LogP contribution in [0.4, 0.5) is 0 Å². The fourth-order valence-electron chi connectivity index (χ4n) is 2.04. The lowest BCUT2D eigenvalue weighted by atomic mass is 10.2. The van der Waals surface area contributed by atoms with Crippen molar-refractivity contribution in [2.75, 3.05) is 18.1 Å².